The Hall–Kier alpha value is -2.82. The molecule has 22 heavy (non-hydrogen) atoms. The van der Waals surface area contributed by atoms with Crippen molar-refractivity contribution in [2.75, 3.05) is 12.4 Å². The van der Waals surface area contributed by atoms with Gasteiger partial charge in [0.25, 0.3) is 0 Å². The molecule has 5 nitrogen and oxygen atoms in total. The molecule has 0 aliphatic carbocycles. The predicted molar refractivity (Wildman–Crippen MR) is 82.8 cm³/mol. The standard InChI is InChI=1S/C17H17NO4/c1-12-14(16(19)21-2)9-6-10-15(12)18-17(20)22-11-13-7-4-3-5-8-13/h3-10H,11H2,1-2H3,(H,18,20). The van der Waals surface area contributed by atoms with Crippen LogP contribution < -0.4 is 5.32 Å². The van der Waals surface area contributed by atoms with Crippen LogP contribution in [0.5, 0.6) is 0 Å². The van der Waals surface area contributed by atoms with Gasteiger partial charge in [0.1, 0.15) is 6.61 Å². The van der Waals surface area contributed by atoms with Crippen molar-refractivity contribution in [3.8, 4) is 0 Å². The van der Waals surface area contributed by atoms with E-state index >= 15 is 0 Å². The lowest BCUT2D eigenvalue weighted by molar-refractivity contribution is 0.0600. The van der Waals surface area contributed by atoms with E-state index in [0.717, 1.165) is 5.56 Å². The summed E-state index contributed by atoms with van der Waals surface area (Å²) in [4.78, 5) is 23.5. The van der Waals surface area contributed by atoms with E-state index < -0.39 is 12.1 Å². The van der Waals surface area contributed by atoms with Crippen molar-refractivity contribution in [3.63, 3.8) is 0 Å². The maximum atomic E-state index is 11.8. The van der Waals surface area contributed by atoms with Crippen LogP contribution in [0.15, 0.2) is 48.5 Å². The fourth-order valence-corrected chi connectivity index (χ4v) is 1.97. The first-order chi connectivity index (χ1) is 10.6. The van der Waals surface area contributed by atoms with Crippen LogP contribution in [0.25, 0.3) is 0 Å². The Morgan fingerprint density at radius 2 is 1.77 bits per heavy atom. The lowest BCUT2D eigenvalue weighted by Gasteiger charge is -2.11. The van der Waals surface area contributed by atoms with Gasteiger partial charge in [-0.3, -0.25) is 5.32 Å². The van der Waals surface area contributed by atoms with E-state index in [0.29, 0.717) is 16.8 Å². The summed E-state index contributed by atoms with van der Waals surface area (Å²) < 4.78 is 9.85. The zero-order valence-corrected chi connectivity index (χ0v) is 12.5. The average molecular weight is 299 g/mol. The van der Waals surface area contributed by atoms with Gasteiger partial charge in [-0.2, -0.15) is 0 Å². The minimum atomic E-state index is -0.575. The molecule has 0 aliphatic heterocycles. The molecule has 0 fully saturated rings. The maximum Gasteiger partial charge on any atom is 0.411 e. The van der Waals surface area contributed by atoms with E-state index in [1.54, 1.807) is 25.1 Å². The number of benzene rings is 2. The number of nitrogens with one attached hydrogen (secondary N) is 1. The van der Waals surface area contributed by atoms with Gasteiger partial charge in [-0.05, 0) is 30.2 Å². The molecule has 0 unspecified atom stereocenters. The van der Waals surface area contributed by atoms with E-state index in [9.17, 15) is 9.59 Å². The van der Waals surface area contributed by atoms with Gasteiger partial charge in [-0.1, -0.05) is 36.4 Å². The first kappa shape index (κ1) is 15.6. The van der Waals surface area contributed by atoms with E-state index in [2.05, 4.69) is 5.32 Å². The number of ether oxygens (including phenoxy) is 2. The molecule has 1 N–H and O–H groups in total. The zero-order chi connectivity index (χ0) is 15.9. The van der Waals surface area contributed by atoms with Crippen LogP contribution in [0.2, 0.25) is 0 Å². The Morgan fingerprint density at radius 3 is 2.45 bits per heavy atom. The summed E-state index contributed by atoms with van der Waals surface area (Å²) in [5.41, 5.74) is 2.45. The first-order valence-corrected chi connectivity index (χ1v) is 6.77. The van der Waals surface area contributed by atoms with E-state index in [4.69, 9.17) is 9.47 Å². The van der Waals surface area contributed by atoms with Gasteiger partial charge < -0.3 is 9.47 Å². The Balaban J connectivity index is 2.01. The van der Waals surface area contributed by atoms with E-state index in [1.165, 1.54) is 7.11 Å². The molecular formula is C17H17NO4. The summed E-state index contributed by atoms with van der Waals surface area (Å²) in [5.74, 6) is -0.446. The smallest absolute Gasteiger partial charge is 0.411 e. The molecule has 5 heteroatoms. The molecule has 2 aromatic rings. The Bertz CT molecular complexity index is 668. The van der Waals surface area contributed by atoms with Gasteiger partial charge in [0.05, 0.1) is 12.7 Å². The molecule has 0 aliphatic rings. The molecule has 0 radical (unpaired) electrons. The quantitative estimate of drug-likeness (QED) is 0.877. The molecule has 0 bridgehead atoms. The number of carbonyl (C=O) groups excluding carboxylic acids is 2. The van der Waals surface area contributed by atoms with Crippen molar-refractivity contribution >= 4 is 17.7 Å². The largest absolute Gasteiger partial charge is 0.465 e. The molecular weight excluding hydrogens is 282 g/mol. The lowest BCUT2D eigenvalue weighted by atomic mass is 10.1. The second-order valence-corrected chi connectivity index (χ2v) is 4.66. The number of amides is 1. The van der Waals surface area contributed by atoms with Crippen LogP contribution >= 0.6 is 0 Å². The van der Waals surface area contributed by atoms with Crippen LogP contribution in [0.1, 0.15) is 21.5 Å². The van der Waals surface area contributed by atoms with Gasteiger partial charge in [0.2, 0.25) is 0 Å². The van der Waals surface area contributed by atoms with Gasteiger partial charge in [0, 0.05) is 5.69 Å². The number of carbonyl (C=O) groups is 2. The highest BCUT2D eigenvalue weighted by Gasteiger charge is 2.13. The van der Waals surface area contributed by atoms with Crippen LogP contribution in [0.3, 0.4) is 0 Å². The number of esters is 1. The summed E-state index contributed by atoms with van der Waals surface area (Å²) in [7, 11) is 1.32. The van der Waals surface area contributed by atoms with Crippen LogP contribution in [-0.4, -0.2) is 19.2 Å². The number of hydrogen-bond acceptors (Lipinski definition) is 4. The van der Waals surface area contributed by atoms with Crippen molar-refractivity contribution in [3.05, 3.63) is 65.2 Å². The van der Waals surface area contributed by atoms with Gasteiger partial charge in [-0.25, -0.2) is 9.59 Å². The van der Waals surface area contributed by atoms with Crippen molar-refractivity contribution in [1.82, 2.24) is 0 Å². The van der Waals surface area contributed by atoms with Crippen molar-refractivity contribution in [2.24, 2.45) is 0 Å². The average Bonchev–Trinajstić information content (AvgIpc) is 2.55. The van der Waals surface area contributed by atoms with Crippen LogP contribution in [0.4, 0.5) is 10.5 Å². The molecule has 0 saturated heterocycles. The third-order valence-electron chi connectivity index (χ3n) is 3.19. The molecule has 0 saturated carbocycles. The fraction of sp³-hybridized carbons (Fsp3) is 0.176. The number of anilines is 1. The third-order valence-corrected chi connectivity index (χ3v) is 3.19. The Morgan fingerprint density at radius 1 is 1.05 bits per heavy atom. The van der Waals surface area contributed by atoms with Crippen molar-refractivity contribution in [2.45, 2.75) is 13.5 Å². The second kappa shape index (κ2) is 7.26. The topological polar surface area (TPSA) is 64.6 Å². The highest BCUT2D eigenvalue weighted by atomic mass is 16.5. The summed E-state index contributed by atoms with van der Waals surface area (Å²) in [6.45, 7) is 1.92. The molecule has 0 atom stereocenters. The molecule has 1 amide bonds. The zero-order valence-electron chi connectivity index (χ0n) is 12.5. The van der Waals surface area contributed by atoms with Crippen molar-refractivity contribution in [1.29, 1.82) is 0 Å². The van der Waals surface area contributed by atoms with Crippen molar-refractivity contribution < 1.29 is 19.1 Å². The SMILES string of the molecule is COC(=O)c1cccc(NC(=O)OCc2ccccc2)c1C. The highest BCUT2D eigenvalue weighted by Crippen LogP contribution is 2.20. The minimum absolute atomic E-state index is 0.183. The number of rotatable bonds is 4. The third kappa shape index (κ3) is 3.85. The fourth-order valence-electron chi connectivity index (χ4n) is 1.97. The Kier molecular flexibility index (Phi) is 5.14. The first-order valence-electron chi connectivity index (χ1n) is 6.77. The highest BCUT2D eigenvalue weighted by molar-refractivity contribution is 5.95. The summed E-state index contributed by atoms with van der Waals surface area (Å²) in [6, 6.07) is 14.4. The molecule has 0 spiro atoms. The summed E-state index contributed by atoms with van der Waals surface area (Å²) >= 11 is 0. The second-order valence-electron chi connectivity index (χ2n) is 4.66. The molecule has 114 valence electrons. The molecule has 0 aromatic heterocycles. The van der Waals surface area contributed by atoms with E-state index in [1.807, 2.05) is 30.3 Å². The maximum absolute atomic E-state index is 11.8. The van der Waals surface area contributed by atoms with Crippen LogP contribution in [-0.2, 0) is 16.1 Å². The van der Waals surface area contributed by atoms with Gasteiger partial charge in [0.15, 0.2) is 0 Å². The predicted octanol–water partition coefficient (Wildman–Crippen LogP) is 3.53. The molecule has 2 aromatic carbocycles. The monoisotopic (exact) mass is 299 g/mol. The summed E-state index contributed by atoms with van der Waals surface area (Å²) in [6.07, 6.45) is -0.575. The number of methoxy groups -OCH3 is 1. The Labute approximate surface area is 128 Å². The lowest BCUT2D eigenvalue weighted by Crippen LogP contribution is -2.15. The van der Waals surface area contributed by atoms with Crippen LogP contribution in [0, 0.1) is 6.92 Å². The molecule has 0 heterocycles. The normalized spacial score (nSPS) is 9.91. The molecule has 2 rings (SSSR count). The minimum Gasteiger partial charge on any atom is -0.465 e. The summed E-state index contributed by atoms with van der Waals surface area (Å²) in [5, 5.41) is 2.63. The van der Waals surface area contributed by atoms with E-state index in [-0.39, 0.29) is 6.61 Å². The number of hydrogen-bond donors (Lipinski definition) is 1. The van der Waals surface area contributed by atoms with Gasteiger partial charge >= 0.3 is 12.1 Å². The van der Waals surface area contributed by atoms with Gasteiger partial charge in [-0.15, -0.1) is 0 Å².